The highest BCUT2D eigenvalue weighted by Gasteiger charge is 2.24. The molecule has 1 saturated heterocycles. The van der Waals surface area contributed by atoms with Crippen molar-refractivity contribution in [2.24, 2.45) is 0 Å². The summed E-state index contributed by atoms with van der Waals surface area (Å²) in [6, 6.07) is 0. The van der Waals surface area contributed by atoms with Crippen LogP contribution in [0.25, 0.3) is 0 Å². The Labute approximate surface area is 105 Å². The number of fused-ring (bicyclic) bond motifs is 1. The fraction of sp³-hybridized carbons (Fsp3) is 0.750. The van der Waals surface area contributed by atoms with Crippen LogP contribution in [-0.2, 0) is 11.2 Å². The first-order chi connectivity index (χ1) is 8.34. The zero-order chi connectivity index (χ0) is 11.7. The Morgan fingerprint density at radius 2 is 2.24 bits per heavy atom. The smallest absolute Gasteiger partial charge is 0.185 e. The van der Waals surface area contributed by atoms with Gasteiger partial charge in [-0.3, -0.25) is 0 Å². The number of nitrogens with zero attached hydrogens (tertiary/aromatic N) is 2. The summed E-state index contributed by atoms with van der Waals surface area (Å²) in [5, 5.41) is 11.0. The molecule has 0 bridgehead atoms. The van der Waals surface area contributed by atoms with E-state index in [1.165, 1.54) is 4.88 Å². The number of aliphatic hydroxyl groups is 1. The number of aryl methyl sites for hydroxylation is 1. The van der Waals surface area contributed by atoms with Crippen molar-refractivity contribution in [2.75, 3.05) is 31.2 Å². The second-order valence-corrected chi connectivity index (χ2v) is 5.73. The molecule has 1 aromatic heterocycles. The van der Waals surface area contributed by atoms with Crippen molar-refractivity contribution in [1.82, 2.24) is 4.98 Å². The molecule has 1 N–H and O–H groups in total. The summed E-state index contributed by atoms with van der Waals surface area (Å²) in [6.07, 6.45) is 3.74. The molecule has 17 heavy (non-hydrogen) atoms. The second kappa shape index (κ2) is 4.92. The van der Waals surface area contributed by atoms with E-state index in [9.17, 15) is 5.11 Å². The van der Waals surface area contributed by atoms with Crippen LogP contribution < -0.4 is 4.90 Å². The van der Waals surface area contributed by atoms with Gasteiger partial charge in [0.05, 0.1) is 18.4 Å². The van der Waals surface area contributed by atoms with Crippen molar-refractivity contribution in [3.63, 3.8) is 0 Å². The minimum absolute atomic E-state index is 0.341. The Kier molecular flexibility index (Phi) is 3.31. The van der Waals surface area contributed by atoms with Gasteiger partial charge >= 0.3 is 0 Å². The van der Waals surface area contributed by atoms with E-state index >= 15 is 0 Å². The number of thiazole rings is 1. The number of anilines is 1. The highest BCUT2D eigenvalue weighted by Crippen LogP contribution is 2.36. The average molecular weight is 254 g/mol. The summed E-state index contributed by atoms with van der Waals surface area (Å²) in [5.41, 5.74) is 0.932. The van der Waals surface area contributed by atoms with Gasteiger partial charge in [0, 0.05) is 24.6 Å². The zero-order valence-electron chi connectivity index (χ0n) is 9.89. The van der Waals surface area contributed by atoms with E-state index < -0.39 is 0 Å². The largest absolute Gasteiger partial charge is 0.387 e. The number of hydrogen-bond acceptors (Lipinski definition) is 5. The first kappa shape index (κ1) is 11.4. The van der Waals surface area contributed by atoms with Crippen molar-refractivity contribution in [2.45, 2.75) is 31.8 Å². The maximum atomic E-state index is 9.93. The zero-order valence-corrected chi connectivity index (χ0v) is 10.7. The Hall–Kier alpha value is -0.650. The fourth-order valence-corrected chi connectivity index (χ4v) is 3.66. The molecular formula is C12H18N2O2S. The van der Waals surface area contributed by atoms with Crippen molar-refractivity contribution in [3.8, 4) is 0 Å². The van der Waals surface area contributed by atoms with Crippen molar-refractivity contribution in [3.05, 3.63) is 10.6 Å². The number of rotatable bonds is 1. The molecular weight excluding hydrogens is 236 g/mol. The number of aliphatic hydroxyl groups excluding tert-OH is 1. The molecule has 5 heteroatoms. The third kappa shape index (κ3) is 2.32. The van der Waals surface area contributed by atoms with Gasteiger partial charge in [-0.2, -0.15) is 0 Å². The van der Waals surface area contributed by atoms with Gasteiger partial charge in [0.15, 0.2) is 5.13 Å². The van der Waals surface area contributed by atoms with Gasteiger partial charge in [0.2, 0.25) is 0 Å². The Balaban J connectivity index is 1.83. The van der Waals surface area contributed by atoms with E-state index in [1.54, 1.807) is 11.3 Å². The highest BCUT2D eigenvalue weighted by atomic mass is 32.1. The Morgan fingerprint density at radius 3 is 3.12 bits per heavy atom. The lowest BCUT2D eigenvalue weighted by Crippen LogP contribution is -2.25. The standard InChI is InChI=1S/C12H18N2O2S/c15-9-3-1-4-10-11(9)13-12(17-10)14-5-2-7-16-8-6-14/h9,15H,1-8H2. The van der Waals surface area contributed by atoms with E-state index in [4.69, 9.17) is 4.74 Å². The minimum atomic E-state index is -0.341. The minimum Gasteiger partial charge on any atom is -0.387 e. The Morgan fingerprint density at radius 1 is 1.29 bits per heavy atom. The molecule has 1 unspecified atom stereocenters. The van der Waals surface area contributed by atoms with Crippen LogP contribution in [0.4, 0.5) is 5.13 Å². The van der Waals surface area contributed by atoms with Crippen LogP contribution in [0, 0.1) is 0 Å². The fourth-order valence-electron chi connectivity index (χ4n) is 2.46. The summed E-state index contributed by atoms with van der Waals surface area (Å²) in [7, 11) is 0. The first-order valence-corrected chi connectivity index (χ1v) is 7.16. The molecule has 1 aliphatic carbocycles. The van der Waals surface area contributed by atoms with Crippen LogP contribution >= 0.6 is 11.3 Å². The molecule has 0 aromatic carbocycles. The third-order valence-electron chi connectivity index (χ3n) is 3.41. The van der Waals surface area contributed by atoms with Crippen molar-refractivity contribution in [1.29, 1.82) is 0 Å². The molecule has 94 valence electrons. The second-order valence-electron chi connectivity index (χ2n) is 4.67. The maximum absolute atomic E-state index is 9.93. The van der Waals surface area contributed by atoms with Crippen LogP contribution in [0.5, 0.6) is 0 Å². The molecule has 0 spiro atoms. The van der Waals surface area contributed by atoms with Gasteiger partial charge < -0.3 is 14.7 Å². The van der Waals surface area contributed by atoms with Gasteiger partial charge in [0.25, 0.3) is 0 Å². The molecule has 4 nitrogen and oxygen atoms in total. The van der Waals surface area contributed by atoms with Crippen LogP contribution in [0.1, 0.15) is 35.9 Å². The van der Waals surface area contributed by atoms with Crippen molar-refractivity contribution < 1.29 is 9.84 Å². The number of aromatic nitrogens is 1. The van der Waals surface area contributed by atoms with E-state index in [2.05, 4.69) is 9.88 Å². The van der Waals surface area contributed by atoms with Gasteiger partial charge in [-0.15, -0.1) is 11.3 Å². The van der Waals surface area contributed by atoms with Crippen LogP contribution in [0.2, 0.25) is 0 Å². The Bertz CT molecular complexity index is 386. The molecule has 1 aliphatic heterocycles. The van der Waals surface area contributed by atoms with Gasteiger partial charge in [-0.05, 0) is 25.7 Å². The lowest BCUT2D eigenvalue weighted by Gasteiger charge is -2.17. The SMILES string of the molecule is OC1CCCc2sc(N3CCCOCC3)nc21. The third-order valence-corrected chi connectivity index (χ3v) is 4.60. The maximum Gasteiger partial charge on any atom is 0.185 e. The summed E-state index contributed by atoms with van der Waals surface area (Å²) in [6.45, 7) is 3.57. The van der Waals surface area contributed by atoms with Gasteiger partial charge in [-0.1, -0.05) is 0 Å². The topological polar surface area (TPSA) is 45.6 Å². The molecule has 0 amide bonds. The van der Waals surface area contributed by atoms with Gasteiger partial charge in [-0.25, -0.2) is 4.98 Å². The summed E-state index contributed by atoms with van der Waals surface area (Å²) in [4.78, 5) is 8.21. The van der Waals surface area contributed by atoms with Crippen LogP contribution in [0.3, 0.4) is 0 Å². The van der Waals surface area contributed by atoms with E-state index in [1.807, 2.05) is 0 Å². The van der Waals surface area contributed by atoms with E-state index in [0.717, 1.165) is 62.8 Å². The molecule has 1 aromatic rings. The van der Waals surface area contributed by atoms with Crippen LogP contribution in [0.15, 0.2) is 0 Å². The average Bonchev–Trinajstić information content (AvgIpc) is 2.59. The predicted octanol–water partition coefficient (Wildman–Crippen LogP) is 1.74. The first-order valence-electron chi connectivity index (χ1n) is 6.35. The molecule has 1 atom stereocenters. The lowest BCUT2D eigenvalue weighted by molar-refractivity contribution is 0.152. The van der Waals surface area contributed by atoms with E-state index in [0.29, 0.717) is 0 Å². The summed E-state index contributed by atoms with van der Waals surface area (Å²) < 4.78 is 5.46. The molecule has 0 radical (unpaired) electrons. The quantitative estimate of drug-likeness (QED) is 0.829. The summed E-state index contributed by atoms with van der Waals surface area (Å²) in [5.74, 6) is 0. The predicted molar refractivity (Wildman–Crippen MR) is 67.7 cm³/mol. The molecule has 3 rings (SSSR count). The molecule has 2 heterocycles. The monoisotopic (exact) mass is 254 g/mol. The normalized spacial score (nSPS) is 25.5. The lowest BCUT2D eigenvalue weighted by atomic mass is 10.0. The number of ether oxygens (including phenoxy) is 1. The highest BCUT2D eigenvalue weighted by molar-refractivity contribution is 7.15. The summed E-state index contributed by atoms with van der Waals surface area (Å²) >= 11 is 1.75. The van der Waals surface area contributed by atoms with Crippen molar-refractivity contribution >= 4 is 16.5 Å². The van der Waals surface area contributed by atoms with Crippen LogP contribution in [-0.4, -0.2) is 36.4 Å². The van der Waals surface area contributed by atoms with Gasteiger partial charge in [0.1, 0.15) is 0 Å². The number of hydrogen-bond donors (Lipinski definition) is 1. The molecule has 0 saturated carbocycles. The van der Waals surface area contributed by atoms with E-state index in [-0.39, 0.29) is 6.10 Å². The molecule has 1 fully saturated rings. The molecule has 2 aliphatic rings.